The molecular weight excluding hydrogens is 363 g/mol. The molecule has 1 aliphatic heterocycles. The molecule has 1 fully saturated rings. The summed E-state index contributed by atoms with van der Waals surface area (Å²) >= 11 is 0. The Kier molecular flexibility index (Phi) is 6.08. The molecule has 150 valence electrons. The Bertz CT molecular complexity index is 867. The molecule has 1 unspecified atom stereocenters. The molecule has 1 aromatic heterocycles. The van der Waals surface area contributed by atoms with Crippen LogP contribution in [0.25, 0.3) is 5.69 Å². The maximum atomic E-state index is 14.1. The second-order valence-electron chi connectivity index (χ2n) is 7.19. The van der Waals surface area contributed by atoms with Gasteiger partial charge in [0.15, 0.2) is 0 Å². The summed E-state index contributed by atoms with van der Waals surface area (Å²) in [5, 5.41) is 13.2. The molecule has 1 aliphatic rings. The second-order valence-corrected chi connectivity index (χ2v) is 7.19. The lowest BCUT2D eigenvalue weighted by Crippen LogP contribution is -2.37. The highest BCUT2D eigenvalue weighted by Crippen LogP contribution is 2.21. The SMILES string of the molecule is Cc1c(C(=O)N2CCCC(N(C)CC(=O)O)CC2)cnn1-c1ccccc1F. The molecule has 0 aliphatic carbocycles. The summed E-state index contributed by atoms with van der Waals surface area (Å²) in [6.07, 6.45) is 3.86. The lowest BCUT2D eigenvalue weighted by atomic mass is 10.1. The van der Waals surface area contributed by atoms with Crippen molar-refractivity contribution in [2.75, 3.05) is 26.7 Å². The first kappa shape index (κ1) is 20.0. The Morgan fingerprint density at radius 1 is 1.29 bits per heavy atom. The third-order valence-electron chi connectivity index (χ3n) is 5.31. The Morgan fingerprint density at radius 3 is 2.75 bits per heavy atom. The highest BCUT2D eigenvalue weighted by atomic mass is 19.1. The summed E-state index contributed by atoms with van der Waals surface area (Å²) in [4.78, 5) is 27.6. The number of benzene rings is 1. The third-order valence-corrected chi connectivity index (χ3v) is 5.31. The number of rotatable bonds is 5. The average Bonchev–Trinajstić information content (AvgIpc) is 2.87. The van der Waals surface area contributed by atoms with Crippen molar-refractivity contribution in [3.63, 3.8) is 0 Å². The molecule has 2 heterocycles. The highest BCUT2D eigenvalue weighted by molar-refractivity contribution is 5.95. The first-order chi connectivity index (χ1) is 13.4. The predicted octanol–water partition coefficient (Wildman–Crippen LogP) is 2.33. The first-order valence-corrected chi connectivity index (χ1v) is 9.39. The van der Waals surface area contributed by atoms with E-state index in [0.717, 1.165) is 19.3 Å². The molecular formula is C20H25FN4O3. The lowest BCUT2D eigenvalue weighted by Gasteiger charge is -2.25. The van der Waals surface area contributed by atoms with E-state index in [1.54, 1.807) is 37.1 Å². The molecule has 8 heteroatoms. The van der Waals surface area contributed by atoms with Crippen molar-refractivity contribution < 1.29 is 19.1 Å². The monoisotopic (exact) mass is 388 g/mol. The molecule has 3 rings (SSSR count). The van der Waals surface area contributed by atoms with Crippen molar-refractivity contribution in [3.05, 3.63) is 47.5 Å². The summed E-state index contributed by atoms with van der Waals surface area (Å²) < 4.78 is 15.5. The molecule has 1 saturated heterocycles. The molecule has 1 amide bonds. The van der Waals surface area contributed by atoms with Crippen LogP contribution in [0.15, 0.2) is 30.5 Å². The standard InChI is InChI=1S/C20H25FN4O3/c1-14-16(12-22-25(14)18-8-4-3-7-17(18)21)20(28)24-10-5-6-15(9-11-24)23(2)13-19(26)27/h3-4,7-8,12,15H,5-6,9-11,13H2,1-2H3,(H,26,27). The number of carboxylic acid groups (broad SMARTS) is 1. The summed E-state index contributed by atoms with van der Waals surface area (Å²) in [6.45, 7) is 2.92. The van der Waals surface area contributed by atoms with Crippen LogP contribution in [0.2, 0.25) is 0 Å². The van der Waals surface area contributed by atoms with E-state index < -0.39 is 11.8 Å². The van der Waals surface area contributed by atoms with Gasteiger partial charge in [0.25, 0.3) is 5.91 Å². The molecule has 1 N–H and O–H groups in total. The van der Waals surface area contributed by atoms with Gasteiger partial charge < -0.3 is 10.0 Å². The molecule has 1 aromatic carbocycles. The Balaban J connectivity index is 1.73. The number of carboxylic acids is 1. The Labute approximate surface area is 163 Å². The summed E-state index contributed by atoms with van der Waals surface area (Å²) in [6, 6.07) is 6.46. The van der Waals surface area contributed by atoms with E-state index in [-0.39, 0.29) is 18.5 Å². The molecule has 2 aromatic rings. The first-order valence-electron chi connectivity index (χ1n) is 9.39. The van der Waals surface area contributed by atoms with Gasteiger partial charge in [-0.1, -0.05) is 12.1 Å². The van der Waals surface area contributed by atoms with E-state index >= 15 is 0 Å². The van der Waals surface area contributed by atoms with E-state index in [9.17, 15) is 14.0 Å². The number of halogens is 1. The van der Waals surface area contributed by atoms with Crippen molar-refractivity contribution >= 4 is 11.9 Å². The zero-order chi connectivity index (χ0) is 20.3. The molecule has 0 bridgehead atoms. The summed E-state index contributed by atoms with van der Waals surface area (Å²) in [5.74, 6) is -1.37. The fourth-order valence-electron chi connectivity index (χ4n) is 3.72. The third kappa shape index (κ3) is 4.22. The molecule has 28 heavy (non-hydrogen) atoms. The molecule has 7 nitrogen and oxygen atoms in total. The normalized spacial score (nSPS) is 17.6. The van der Waals surface area contributed by atoms with Gasteiger partial charge in [-0.15, -0.1) is 0 Å². The van der Waals surface area contributed by atoms with Crippen LogP contribution >= 0.6 is 0 Å². The number of nitrogens with zero attached hydrogens (tertiary/aromatic N) is 4. The van der Waals surface area contributed by atoms with Crippen LogP contribution in [-0.4, -0.2) is 69.3 Å². The minimum Gasteiger partial charge on any atom is -0.480 e. The largest absolute Gasteiger partial charge is 0.480 e. The molecule has 1 atom stereocenters. The number of carbonyl (C=O) groups excluding carboxylic acids is 1. The van der Waals surface area contributed by atoms with Crippen LogP contribution in [0.5, 0.6) is 0 Å². The van der Waals surface area contributed by atoms with E-state index in [1.165, 1.54) is 16.9 Å². The van der Waals surface area contributed by atoms with Crippen LogP contribution in [0.1, 0.15) is 35.3 Å². The predicted molar refractivity (Wildman–Crippen MR) is 102 cm³/mol. The maximum Gasteiger partial charge on any atom is 0.317 e. The van der Waals surface area contributed by atoms with Crippen LogP contribution in [0.3, 0.4) is 0 Å². The fraction of sp³-hybridized carbons (Fsp3) is 0.450. The van der Waals surface area contributed by atoms with Gasteiger partial charge in [0.1, 0.15) is 11.5 Å². The zero-order valence-corrected chi connectivity index (χ0v) is 16.1. The molecule has 0 radical (unpaired) electrons. The van der Waals surface area contributed by atoms with Crippen molar-refractivity contribution in [2.45, 2.75) is 32.2 Å². The number of aromatic nitrogens is 2. The van der Waals surface area contributed by atoms with Gasteiger partial charge in [-0.2, -0.15) is 5.10 Å². The van der Waals surface area contributed by atoms with E-state index in [4.69, 9.17) is 5.11 Å². The van der Waals surface area contributed by atoms with Gasteiger partial charge in [-0.25, -0.2) is 9.07 Å². The number of carbonyl (C=O) groups is 2. The minimum absolute atomic E-state index is 0.00681. The van der Waals surface area contributed by atoms with Crippen LogP contribution in [-0.2, 0) is 4.79 Å². The van der Waals surface area contributed by atoms with Crippen molar-refractivity contribution in [3.8, 4) is 5.69 Å². The summed E-state index contributed by atoms with van der Waals surface area (Å²) in [7, 11) is 1.80. The Morgan fingerprint density at radius 2 is 2.04 bits per heavy atom. The molecule has 0 saturated carbocycles. The van der Waals surface area contributed by atoms with Crippen LogP contribution in [0.4, 0.5) is 4.39 Å². The van der Waals surface area contributed by atoms with Gasteiger partial charge in [0.2, 0.25) is 0 Å². The van der Waals surface area contributed by atoms with Crippen LogP contribution < -0.4 is 0 Å². The number of hydrogen-bond acceptors (Lipinski definition) is 4. The van der Waals surface area contributed by atoms with Gasteiger partial charge in [0.05, 0.1) is 24.0 Å². The number of hydrogen-bond donors (Lipinski definition) is 1. The number of para-hydroxylation sites is 1. The van der Waals surface area contributed by atoms with Crippen molar-refractivity contribution in [2.24, 2.45) is 0 Å². The van der Waals surface area contributed by atoms with Crippen molar-refractivity contribution in [1.82, 2.24) is 19.6 Å². The van der Waals surface area contributed by atoms with Gasteiger partial charge in [0, 0.05) is 19.1 Å². The fourth-order valence-corrected chi connectivity index (χ4v) is 3.72. The van der Waals surface area contributed by atoms with E-state index in [2.05, 4.69) is 5.10 Å². The smallest absolute Gasteiger partial charge is 0.317 e. The second kappa shape index (κ2) is 8.52. The van der Waals surface area contributed by atoms with Gasteiger partial charge in [-0.3, -0.25) is 14.5 Å². The van der Waals surface area contributed by atoms with E-state index in [1.807, 2.05) is 4.90 Å². The molecule has 0 spiro atoms. The average molecular weight is 388 g/mol. The number of likely N-dealkylation sites (N-methyl/N-ethyl adjacent to an activating group) is 1. The van der Waals surface area contributed by atoms with Crippen molar-refractivity contribution in [1.29, 1.82) is 0 Å². The van der Waals surface area contributed by atoms with Gasteiger partial charge in [-0.05, 0) is 45.4 Å². The highest BCUT2D eigenvalue weighted by Gasteiger charge is 2.26. The maximum absolute atomic E-state index is 14.1. The quantitative estimate of drug-likeness (QED) is 0.851. The summed E-state index contributed by atoms with van der Waals surface area (Å²) in [5.41, 5.74) is 1.37. The van der Waals surface area contributed by atoms with Crippen LogP contribution in [0, 0.1) is 12.7 Å². The number of likely N-dealkylation sites (tertiary alicyclic amines) is 1. The topological polar surface area (TPSA) is 78.7 Å². The number of aliphatic carboxylic acids is 1. The zero-order valence-electron chi connectivity index (χ0n) is 16.1. The van der Waals surface area contributed by atoms with E-state index in [0.29, 0.717) is 30.0 Å². The lowest BCUT2D eigenvalue weighted by molar-refractivity contribution is -0.138. The Hall–Kier alpha value is -2.74. The minimum atomic E-state index is -0.851. The number of amides is 1. The van der Waals surface area contributed by atoms with Gasteiger partial charge >= 0.3 is 5.97 Å².